The van der Waals surface area contributed by atoms with Gasteiger partial charge in [-0.25, -0.2) is 4.99 Å². The molecule has 5 heteroatoms. The van der Waals surface area contributed by atoms with Crippen LogP contribution < -0.4 is 5.32 Å². The van der Waals surface area contributed by atoms with E-state index < -0.39 is 0 Å². The lowest BCUT2D eigenvalue weighted by molar-refractivity contribution is -0.115. The molecule has 3 aromatic carbocycles. The van der Waals surface area contributed by atoms with Crippen LogP contribution in [-0.2, 0) is 9.53 Å². The van der Waals surface area contributed by atoms with E-state index >= 15 is 0 Å². The van der Waals surface area contributed by atoms with Crippen LogP contribution in [0.25, 0.3) is 16.5 Å². The third-order valence-corrected chi connectivity index (χ3v) is 5.08. The fraction of sp³-hybridized carbons (Fsp3) is 0.0909. The number of carbonyl (C=O) groups is 1. The minimum absolute atomic E-state index is 0.189. The van der Waals surface area contributed by atoms with Crippen molar-refractivity contribution >= 4 is 45.1 Å². The molecule has 0 unspecified atom stereocenters. The summed E-state index contributed by atoms with van der Waals surface area (Å²) in [6.07, 6.45) is 0. The number of fused-ring (bicyclic) bond motifs is 1. The number of nitrogens with one attached hydrogen (secondary N) is 1. The summed E-state index contributed by atoms with van der Waals surface area (Å²) >= 11 is 1.31. The van der Waals surface area contributed by atoms with E-state index in [9.17, 15) is 4.79 Å². The van der Waals surface area contributed by atoms with Gasteiger partial charge < -0.3 is 10.1 Å². The molecule has 3 aromatic rings. The third kappa shape index (κ3) is 3.73. The van der Waals surface area contributed by atoms with Crippen LogP contribution in [-0.4, -0.2) is 17.7 Å². The van der Waals surface area contributed by atoms with Crippen molar-refractivity contribution < 1.29 is 9.53 Å². The first-order valence-corrected chi connectivity index (χ1v) is 9.55. The largest absolute Gasteiger partial charge is 0.492 e. The molecule has 0 saturated carbocycles. The molecule has 1 N–H and O–H groups in total. The first-order chi connectivity index (χ1) is 13.2. The van der Waals surface area contributed by atoms with Crippen molar-refractivity contribution in [3.8, 4) is 0 Å². The molecular formula is C22H18N2O2S. The summed E-state index contributed by atoms with van der Waals surface area (Å²) in [5, 5.41) is 5.65. The second-order valence-electron chi connectivity index (χ2n) is 5.96. The van der Waals surface area contributed by atoms with Gasteiger partial charge in [0.15, 0.2) is 5.17 Å². The number of hydrogen-bond donors (Lipinski definition) is 1. The van der Waals surface area contributed by atoms with E-state index in [4.69, 9.17) is 4.74 Å². The molecule has 0 radical (unpaired) electrons. The number of hydrogen-bond acceptors (Lipinski definition) is 4. The summed E-state index contributed by atoms with van der Waals surface area (Å²) in [5.74, 6) is 0.398. The van der Waals surface area contributed by atoms with Gasteiger partial charge in [-0.1, -0.05) is 54.6 Å². The molecule has 1 aliphatic rings. The lowest BCUT2D eigenvalue weighted by Gasteiger charge is -2.11. The van der Waals surface area contributed by atoms with Gasteiger partial charge in [0.1, 0.15) is 10.7 Å². The maximum atomic E-state index is 12.6. The lowest BCUT2D eigenvalue weighted by atomic mass is 10.1. The van der Waals surface area contributed by atoms with E-state index in [1.807, 2.05) is 67.6 Å². The van der Waals surface area contributed by atoms with Gasteiger partial charge in [-0.3, -0.25) is 4.79 Å². The Morgan fingerprint density at radius 2 is 1.74 bits per heavy atom. The monoisotopic (exact) mass is 374 g/mol. The zero-order valence-electron chi connectivity index (χ0n) is 14.8. The van der Waals surface area contributed by atoms with Crippen LogP contribution in [0.3, 0.4) is 0 Å². The molecule has 1 fully saturated rings. The second-order valence-corrected chi connectivity index (χ2v) is 6.96. The Hall–Kier alpha value is -3.05. The Morgan fingerprint density at radius 1 is 1.00 bits per heavy atom. The van der Waals surface area contributed by atoms with Crippen LogP contribution in [0.5, 0.6) is 0 Å². The quantitative estimate of drug-likeness (QED) is 0.511. The van der Waals surface area contributed by atoms with Crippen molar-refractivity contribution in [2.24, 2.45) is 4.99 Å². The first kappa shape index (κ1) is 17.4. The molecule has 1 heterocycles. The molecule has 0 aromatic heterocycles. The molecule has 4 rings (SSSR count). The predicted molar refractivity (Wildman–Crippen MR) is 112 cm³/mol. The SMILES string of the molecule is CCO/C(=C1/SC(=Nc2ccccc2)NC1=O)c1ccc2ccccc2c1. The number of carbonyl (C=O) groups excluding carboxylic acids is 1. The third-order valence-electron chi connectivity index (χ3n) is 4.12. The molecule has 0 atom stereocenters. The average molecular weight is 374 g/mol. The van der Waals surface area contributed by atoms with Crippen LogP contribution in [0.4, 0.5) is 5.69 Å². The number of nitrogens with zero attached hydrogens (tertiary/aromatic N) is 1. The molecule has 1 amide bonds. The van der Waals surface area contributed by atoms with Gasteiger partial charge in [0.05, 0.1) is 12.3 Å². The average Bonchev–Trinajstić information content (AvgIpc) is 3.06. The van der Waals surface area contributed by atoms with E-state index in [2.05, 4.69) is 22.4 Å². The van der Waals surface area contributed by atoms with Gasteiger partial charge in [-0.2, -0.15) is 0 Å². The number of aliphatic imine (C=N–C) groups is 1. The van der Waals surface area contributed by atoms with Crippen molar-refractivity contribution in [3.05, 3.63) is 83.3 Å². The van der Waals surface area contributed by atoms with E-state index in [0.29, 0.717) is 22.4 Å². The number of rotatable bonds is 4. The topological polar surface area (TPSA) is 50.7 Å². The maximum absolute atomic E-state index is 12.6. The molecule has 27 heavy (non-hydrogen) atoms. The Labute approximate surface area is 162 Å². The molecule has 0 aliphatic carbocycles. The van der Waals surface area contributed by atoms with E-state index in [-0.39, 0.29) is 5.91 Å². The van der Waals surface area contributed by atoms with Gasteiger partial charge in [-0.15, -0.1) is 0 Å². The van der Waals surface area contributed by atoms with Gasteiger partial charge >= 0.3 is 0 Å². The Balaban J connectivity index is 1.74. The van der Waals surface area contributed by atoms with Gasteiger partial charge in [0, 0.05) is 5.56 Å². The number of thioether (sulfide) groups is 1. The zero-order chi connectivity index (χ0) is 18.6. The van der Waals surface area contributed by atoms with Crippen molar-refractivity contribution in [2.45, 2.75) is 6.92 Å². The van der Waals surface area contributed by atoms with Crippen LogP contribution in [0.2, 0.25) is 0 Å². The molecular weight excluding hydrogens is 356 g/mol. The number of para-hydroxylation sites is 1. The van der Waals surface area contributed by atoms with Crippen LogP contribution in [0.15, 0.2) is 82.7 Å². The van der Waals surface area contributed by atoms with Crippen LogP contribution in [0, 0.1) is 0 Å². The van der Waals surface area contributed by atoms with E-state index in [1.54, 1.807) is 0 Å². The van der Waals surface area contributed by atoms with Crippen molar-refractivity contribution in [2.75, 3.05) is 6.61 Å². The Bertz CT molecular complexity index is 1060. The minimum atomic E-state index is -0.189. The predicted octanol–water partition coefficient (Wildman–Crippen LogP) is 5.10. The Kier molecular flexibility index (Phi) is 4.94. The van der Waals surface area contributed by atoms with Gasteiger partial charge in [0.2, 0.25) is 0 Å². The van der Waals surface area contributed by atoms with Gasteiger partial charge in [0.25, 0.3) is 5.91 Å². The standard InChI is InChI=1S/C22H18N2O2S/c1-2-26-19(17-13-12-15-8-6-7-9-16(15)14-17)20-21(25)24-22(27-20)23-18-10-4-3-5-11-18/h3-14H,2H2,1H3,(H,23,24,25)/b20-19+. The smallest absolute Gasteiger partial charge is 0.267 e. The molecule has 1 aliphatic heterocycles. The highest BCUT2D eigenvalue weighted by Crippen LogP contribution is 2.34. The minimum Gasteiger partial charge on any atom is -0.492 e. The van der Waals surface area contributed by atoms with Gasteiger partial charge in [-0.05, 0) is 47.7 Å². The first-order valence-electron chi connectivity index (χ1n) is 8.74. The number of benzene rings is 3. The fourth-order valence-electron chi connectivity index (χ4n) is 2.90. The van der Waals surface area contributed by atoms with Crippen molar-refractivity contribution in [1.29, 1.82) is 0 Å². The van der Waals surface area contributed by atoms with E-state index in [0.717, 1.165) is 22.0 Å². The molecule has 1 saturated heterocycles. The van der Waals surface area contributed by atoms with Crippen molar-refractivity contribution in [1.82, 2.24) is 5.32 Å². The van der Waals surface area contributed by atoms with Crippen LogP contribution in [0.1, 0.15) is 12.5 Å². The summed E-state index contributed by atoms with van der Waals surface area (Å²) in [4.78, 5) is 17.6. The highest BCUT2D eigenvalue weighted by atomic mass is 32.2. The summed E-state index contributed by atoms with van der Waals surface area (Å²) in [5.41, 5.74) is 1.68. The summed E-state index contributed by atoms with van der Waals surface area (Å²) in [6.45, 7) is 2.39. The summed E-state index contributed by atoms with van der Waals surface area (Å²) in [6, 6.07) is 23.8. The number of amides is 1. The molecule has 4 nitrogen and oxygen atoms in total. The molecule has 134 valence electrons. The highest BCUT2D eigenvalue weighted by Gasteiger charge is 2.29. The Morgan fingerprint density at radius 3 is 2.52 bits per heavy atom. The fourth-order valence-corrected chi connectivity index (χ4v) is 3.80. The lowest BCUT2D eigenvalue weighted by Crippen LogP contribution is -2.20. The number of ether oxygens (including phenoxy) is 1. The molecule has 0 bridgehead atoms. The maximum Gasteiger partial charge on any atom is 0.267 e. The van der Waals surface area contributed by atoms with Crippen molar-refractivity contribution in [3.63, 3.8) is 0 Å². The molecule has 0 spiro atoms. The highest BCUT2D eigenvalue weighted by molar-refractivity contribution is 8.18. The van der Waals surface area contributed by atoms with Crippen LogP contribution >= 0.6 is 11.8 Å². The second kappa shape index (κ2) is 7.68. The summed E-state index contributed by atoms with van der Waals surface area (Å²) in [7, 11) is 0. The zero-order valence-corrected chi connectivity index (χ0v) is 15.6. The summed E-state index contributed by atoms with van der Waals surface area (Å²) < 4.78 is 5.87. The van der Waals surface area contributed by atoms with E-state index in [1.165, 1.54) is 11.8 Å². The normalized spacial score (nSPS) is 17.2. The number of amidine groups is 1.